The van der Waals surface area contributed by atoms with E-state index in [1.165, 1.54) is 12.1 Å². The number of benzene rings is 1. The van der Waals surface area contributed by atoms with E-state index in [0.717, 1.165) is 6.07 Å². The SMILES string of the molecule is O=S1(=O)CCC(NCc2cc(O)cc(F)c2)C1. The van der Waals surface area contributed by atoms with E-state index >= 15 is 0 Å². The molecule has 0 bridgehead atoms. The zero-order valence-electron chi connectivity index (χ0n) is 9.19. The predicted molar refractivity (Wildman–Crippen MR) is 62.0 cm³/mol. The number of phenols is 1. The average Bonchev–Trinajstić information content (AvgIpc) is 2.54. The van der Waals surface area contributed by atoms with Crippen molar-refractivity contribution in [3.8, 4) is 5.75 Å². The quantitative estimate of drug-likeness (QED) is 0.843. The van der Waals surface area contributed by atoms with Crippen molar-refractivity contribution >= 4 is 9.84 Å². The van der Waals surface area contributed by atoms with Gasteiger partial charge in [-0.3, -0.25) is 0 Å². The van der Waals surface area contributed by atoms with E-state index < -0.39 is 15.7 Å². The zero-order chi connectivity index (χ0) is 12.5. The Labute approximate surface area is 99.4 Å². The second kappa shape index (κ2) is 4.62. The Morgan fingerprint density at radius 2 is 2.18 bits per heavy atom. The summed E-state index contributed by atoms with van der Waals surface area (Å²) in [4.78, 5) is 0. The molecule has 1 atom stereocenters. The van der Waals surface area contributed by atoms with Crippen LogP contribution in [0.15, 0.2) is 18.2 Å². The number of hydrogen-bond donors (Lipinski definition) is 2. The second-order valence-electron chi connectivity index (χ2n) is 4.30. The smallest absolute Gasteiger partial charge is 0.151 e. The van der Waals surface area contributed by atoms with Crippen LogP contribution < -0.4 is 5.32 Å². The van der Waals surface area contributed by atoms with Crippen molar-refractivity contribution in [2.75, 3.05) is 11.5 Å². The molecule has 0 aromatic heterocycles. The molecular weight excluding hydrogens is 245 g/mol. The minimum Gasteiger partial charge on any atom is -0.508 e. The predicted octanol–water partition coefficient (Wildman–Crippen LogP) is 0.808. The van der Waals surface area contributed by atoms with Crippen molar-refractivity contribution in [2.24, 2.45) is 0 Å². The van der Waals surface area contributed by atoms with Gasteiger partial charge in [0.05, 0.1) is 11.5 Å². The monoisotopic (exact) mass is 259 g/mol. The first-order valence-electron chi connectivity index (χ1n) is 5.37. The topological polar surface area (TPSA) is 66.4 Å². The molecule has 2 rings (SSSR count). The van der Waals surface area contributed by atoms with Crippen molar-refractivity contribution in [1.82, 2.24) is 5.32 Å². The first-order valence-corrected chi connectivity index (χ1v) is 7.19. The number of halogens is 1. The van der Waals surface area contributed by atoms with Crippen LogP contribution in [-0.2, 0) is 16.4 Å². The van der Waals surface area contributed by atoms with Gasteiger partial charge >= 0.3 is 0 Å². The zero-order valence-corrected chi connectivity index (χ0v) is 10.0. The summed E-state index contributed by atoms with van der Waals surface area (Å²) in [7, 11) is -2.90. The maximum absolute atomic E-state index is 13.0. The Kier molecular flexibility index (Phi) is 3.35. The molecule has 1 heterocycles. The lowest BCUT2D eigenvalue weighted by Crippen LogP contribution is -2.29. The Morgan fingerprint density at radius 3 is 2.76 bits per heavy atom. The minimum absolute atomic E-state index is 0.0783. The normalized spacial score (nSPS) is 22.8. The molecule has 1 aliphatic heterocycles. The second-order valence-corrected chi connectivity index (χ2v) is 6.53. The molecular formula is C11H14FNO3S. The highest BCUT2D eigenvalue weighted by atomic mass is 32.2. The van der Waals surface area contributed by atoms with Crippen molar-refractivity contribution in [3.63, 3.8) is 0 Å². The Morgan fingerprint density at radius 1 is 1.41 bits per heavy atom. The van der Waals surface area contributed by atoms with Crippen molar-refractivity contribution in [1.29, 1.82) is 0 Å². The fraction of sp³-hybridized carbons (Fsp3) is 0.455. The minimum atomic E-state index is -2.90. The van der Waals surface area contributed by atoms with Gasteiger partial charge in [0.2, 0.25) is 0 Å². The van der Waals surface area contributed by atoms with E-state index in [-0.39, 0.29) is 23.3 Å². The van der Waals surface area contributed by atoms with Gasteiger partial charge in [0.15, 0.2) is 9.84 Å². The number of sulfone groups is 1. The molecule has 1 aliphatic rings. The third-order valence-electron chi connectivity index (χ3n) is 2.77. The van der Waals surface area contributed by atoms with Gasteiger partial charge in [0.1, 0.15) is 11.6 Å². The standard InChI is InChI=1S/C11H14FNO3S/c12-9-3-8(4-11(14)5-9)6-13-10-1-2-17(15,16)7-10/h3-5,10,13-14H,1-2,6-7H2. The molecule has 6 heteroatoms. The molecule has 4 nitrogen and oxygen atoms in total. The Bertz CT molecular complexity index is 495. The number of nitrogens with one attached hydrogen (secondary N) is 1. The van der Waals surface area contributed by atoms with Crippen LogP contribution in [0.1, 0.15) is 12.0 Å². The fourth-order valence-corrected chi connectivity index (χ4v) is 3.66. The maximum Gasteiger partial charge on any atom is 0.151 e. The maximum atomic E-state index is 13.0. The molecule has 0 amide bonds. The molecule has 2 N–H and O–H groups in total. The van der Waals surface area contributed by atoms with E-state index in [0.29, 0.717) is 18.5 Å². The van der Waals surface area contributed by atoms with Gasteiger partial charge in [-0.2, -0.15) is 0 Å². The molecule has 0 saturated carbocycles. The summed E-state index contributed by atoms with van der Waals surface area (Å²) >= 11 is 0. The third-order valence-corrected chi connectivity index (χ3v) is 4.54. The van der Waals surface area contributed by atoms with Gasteiger partial charge in [-0.1, -0.05) is 0 Å². The molecule has 1 saturated heterocycles. The summed E-state index contributed by atoms with van der Waals surface area (Å²) in [6.07, 6.45) is 0.587. The summed E-state index contributed by atoms with van der Waals surface area (Å²) < 4.78 is 35.4. The third kappa shape index (κ3) is 3.41. The highest BCUT2D eigenvalue weighted by molar-refractivity contribution is 7.91. The molecule has 1 aromatic carbocycles. The molecule has 1 fully saturated rings. The average molecular weight is 259 g/mol. The van der Waals surface area contributed by atoms with Crippen molar-refractivity contribution in [2.45, 2.75) is 19.0 Å². The number of hydrogen-bond acceptors (Lipinski definition) is 4. The van der Waals surface area contributed by atoms with E-state index in [4.69, 9.17) is 0 Å². The van der Waals surface area contributed by atoms with E-state index in [9.17, 15) is 17.9 Å². The fourth-order valence-electron chi connectivity index (χ4n) is 1.95. The van der Waals surface area contributed by atoms with Crippen molar-refractivity contribution in [3.05, 3.63) is 29.6 Å². The van der Waals surface area contributed by atoms with Crippen LogP contribution in [0.2, 0.25) is 0 Å². The lowest BCUT2D eigenvalue weighted by atomic mass is 10.2. The Hall–Kier alpha value is -1.14. The van der Waals surface area contributed by atoms with Crippen LogP contribution >= 0.6 is 0 Å². The van der Waals surface area contributed by atoms with Crippen LogP contribution in [0.4, 0.5) is 4.39 Å². The lowest BCUT2D eigenvalue weighted by Gasteiger charge is -2.10. The first-order chi connectivity index (χ1) is 7.94. The van der Waals surface area contributed by atoms with Crippen LogP contribution in [0.5, 0.6) is 5.75 Å². The highest BCUT2D eigenvalue weighted by Gasteiger charge is 2.27. The van der Waals surface area contributed by atoms with Crippen molar-refractivity contribution < 1.29 is 17.9 Å². The molecule has 1 aromatic rings. The molecule has 0 radical (unpaired) electrons. The van der Waals surface area contributed by atoms with Gasteiger partial charge in [-0.05, 0) is 24.1 Å². The highest BCUT2D eigenvalue weighted by Crippen LogP contribution is 2.16. The summed E-state index contributed by atoms with van der Waals surface area (Å²) in [6, 6.07) is 3.73. The first kappa shape index (κ1) is 12.3. The molecule has 17 heavy (non-hydrogen) atoms. The number of phenolic OH excluding ortho intramolecular Hbond substituents is 1. The molecule has 94 valence electrons. The summed E-state index contributed by atoms with van der Waals surface area (Å²) in [6.45, 7) is 0.353. The van der Waals surface area contributed by atoms with E-state index in [1.54, 1.807) is 0 Å². The van der Waals surface area contributed by atoms with Gasteiger partial charge < -0.3 is 10.4 Å². The van der Waals surface area contributed by atoms with Crippen LogP contribution in [0.3, 0.4) is 0 Å². The van der Waals surface area contributed by atoms with Gasteiger partial charge in [-0.25, -0.2) is 12.8 Å². The van der Waals surface area contributed by atoms with Crippen LogP contribution in [-0.4, -0.2) is 31.1 Å². The molecule has 0 spiro atoms. The van der Waals surface area contributed by atoms with E-state index in [1.807, 2.05) is 0 Å². The van der Waals surface area contributed by atoms with Crippen LogP contribution in [0, 0.1) is 5.82 Å². The van der Waals surface area contributed by atoms with E-state index in [2.05, 4.69) is 5.32 Å². The van der Waals surface area contributed by atoms with Gasteiger partial charge in [-0.15, -0.1) is 0 Å². The van der Waals surface area contributed by atoms with Gasteiger partial charge in [0.25, 0.3) is 0 Å². The lowest BCUT2D eigenvalue weighted by molar-refractivity contribution is 0.466. The van der Waals surface area contributed by atoms with Gasteiger partial charge in [0, 0.05) is 18.7 Å². The number of rotatable bonds is 3. The summed E-state index contributed by atoms with van der Waals surface area (Å²) in [5, 5.41) is 12.3. The largest absolute Gasteiger partial charge is 0.508 e. The number of aromatic hydroxyl groups is 1. The molecule has 1 unspecified atom stereocenters. The summed E-state index contributed by atoms with van der Waals surface area (Å²) in [5.74, 6) is -0.283. The summed E-state index contributed by atoms with van der Waals surface area (Å²) in [5.41, 5.74) is 0.604. The van der Waals surface area contributed by atoms with Crippen LogP contribution in [0.25, 0.3) is 0 Å². The molecule has 0 aliphatic carbocycles. The Balaban J connectivity index is 1.94.